The fraction of sp³-hybridized carbons (Fsp3) is 0.462. The van der Waals surface area contributed by atoms with Gasteiger partial charge in [-0.05, 0) is 30.7 Å². The van der Waals surface area contributed by atoms with Crippen molar-refractivity contribution in [3.05, 3.63) is 34.9 Å². The minimum absolute atomic E-state index is 0. The van der Waals surface area contributed by atoms with E-state index in [1.54, 1.807) is 0 Å². The maximum Gasteiger partial charge on any atom is 0.416 e. The summed E-state index contributed by atoms with van der Waals surface area (Å²) in [5.41, 5.74) is 2.13. The molecule has 0 bridgehead atoms. The first-order valence-electron chi connectivity index (χ1n) is 6.15. The molecule has 2 N–H and O–H groups in total. The third-order valence-corrected chi connectivity index (χ3v) is 2.73. The van der Waals surface area contributed by atoms with Crippen LogP contribution in [0.5, 0.6) is 0 Å². The summed E-state index contributed by atoms with van der Waals surface area (Å²) in [6.45, 7) is 1.54. The summed E-state index contributed by atoms with van der Waals surface area (Å²) in [6, 6.07) is -0.332. The molecule has 0 saturated heterocycles. The molecular weight excluding hydrogens is 352 g/mol. The number of hydrogen-bond donors (Lipinski definition) is 1. The van der Waals surface area contributed by atoms with Crippen LogP contribution in [0.1, 0.15) is 36.1 Å². The fourth-order valence-electron chi connectivity index (χ4n) is 1.71. The largest absolute Gasteiger partial charge is 0.466 e. The van der Waals surface area contributed by atoms with Crippen LogP contribution < -0.4 is 5.73 Å². The summed E-state index contributed by atoms with van der Waals surface area (Å²) in [5, 5.41) is 0. The Kier molecular flexibility index (Phi) is 7.36. The zero-order valence-corrected chi connectivity index (χ0v) is 12.6. The normalized spacial score (nSPS) is 13.2. The molecule has 1 rings (SSSR count). The molecule has 0 unspecified atom stereocenters. The highest BCUT2D eigenvalue weighted by Crippen LogP contribution is 2.37. The number of carbonyl (C=O) groups excluding carboxylic acids is 1. The van der Waals surface area contributed by atoms with Crippen molar-refractivity contribution in [2.24, 2.45) is 5.73 Å². The van der Waals surface area contributed by atoms with E-state index < -0.39 is 47.5 Å². The van der Waals surface area contributed by atoms with Crippen molar-refractivity contribution in [1.82, 2.24) is 0 Å². The number of halogens is 7. The molecule has 0 amide bonds. The summed E-state index contributed by atoms with van der Waals surface area (Å²) in [4.78, 5) is 11.2. The topological polar surface area (TPSA) is 52.3 Å². The van der Waals surface area contributed by atoms with Gasteiger partial charge in [-0.25, -0.2) is 0 Å². The first-order chi connectivity index (χ1) is 9.95. The summed E-state index contributed by atoms with van der Waals surface area (Å²) in [5.74, 6) is -0.805. The van der Waals surface area contributed by atoms with Gasteiger partial charge in [-0.1, -0.05) is 0 Å². The van der Waals surface area contributed by atoms with E-state index in [-0.39, 0.29) is 25.1 Å². The van der Waals surface area contributed by atoms with E-state index >= 15 is 0 Å². The van der Waals surface area contributed by atoms with Crippen LogP contribution in [0, 0.1) is 0 Å². The van der Waals surface area contributed by atoms with E-state index in [9.17, 15) is 31.1 Å². The predicted molar refractivity (Wildman–Crippen MR) is 71.9 cm³/mol. The van der Waals surface area contributed by atoms with Crippen molar-refractivity contribution in [3.63, 3.8) is 0 Å². The van der Waals surface area contributed by atoms with Gasteiger partial charge in [0, 0.05) is 6.04 Å². The number of alkyl halides is 6. The lowest BCUT2D eigenvalue weighted by Crippen LogP contribution is -2.19. The Morgan fingerprint density at radius 2 is 1.52 bits per heavy atom. The average molecular weight is 366 g/mol. The highest BCUT2D eigenvalue weighted by Gasteiger charge is 2.37. The van der Waals surface area contributed by atoms with Crippen molar-refractivity contribution < 1.29 is 35.9 Å². The Bertz CT molecular complexity index is 512. The first-order valence-corrected chi connectivity index (χ1v) is 6.15. The van der Waals surface area contributed by atoms with E-state index in [0.29, 0.717) is 12.1 Å². The second-order valence-corrected chi connectivity index (χ2v) is 4.45. The Morgan fingerprint density at radius 1 is 1.09 bits per heavy atom. The van der Waals surface area contributed by atoms with Crippen LogP contribution in [-0.2, 0) is 21.9 Å². The maximum absolute atomic E-state index is 12.7. The van der Waals surface area contributed by atoms with E-state index in [4.69, 9.17) is 5.73 Å². The Hall–Kier alpha value is -1.48. The number of esters is 1. The molecule has 0 spiro atoms. The standard InChI is InChI=1S/C13H13F6NO2.ClH/c1-2-22-11(21)6-10(20)7-3-8(12(14,15)16)5-9(4-7)13(17,18)19;/h3-5,10H,2,6,20H2,1H3;1H/t10-;/m1./s1. The maximum atomic E-state index is 12.7. The van der Waals surface area contributed by atoms with Gasteiger partial charge in [-0.3, -0.25) is 4.79 Å². The molecular formula is C13H14ClF6NO2. The molecule has 1 aromatic rings. The highest BCUT2D eigenvalue weighted by molar-refractivity contribution is 5.85. The predicted octanol–water partition coefficient (Wildman–Crippen LogP) is 4.10. The minimum Gasteiger partial charge on any atom is -0.466 e. The van der Waals surface area contributed by atoms with Crippen LogP contribution in [0.15, 0.2) is 18.2 Å². The van der Waals surface area contributed by atoms with Crippen LogP contribution in [0.25, 0.3) is 0 Å². The number of ether oxygens (including phenoxy) is 1. The SMILES string of the molecule is CCOC(=O)C[C@@H](N)c1cc(C(F)(F)F)cc(C(F)(F)F)c1.Cl. The summed E-state index contributed by atoms with van der Waals surface area (Å²) < 4.78 is 80.7. The van der Waals surface area contributed by atoms with Crippen molar-refractivity contribution in [2.75, 3.05) is 6.61 Å². The molecule has 0 aliphatic rings. The summed E-state index contributed by atoms with van der Waals surface area (Å²) in [7, 11) is 0. The highest BCUT2D eigenvalue weighted by atomic mass is 35.5. The monoisotopic (exact) mass is 365 g/mol. The van der Waals surface area contributed by atoms with Gasteiger partial charge >= 0.3 is 18.3 Å². The molecule has 0 saturated carbocycles. The van der Waals surface area contributed by atoms with Gasteiger partial charge in [0.1, 0.15) is 0 Å². The summed E-state index contributed by atoms with van der Waals surface area (Å²) in [6.07, 6.45) is -10.4. The third kappa shape index (κ3) is 6.26. The number of hydrogen-bond acceptors (Lipinski definition) is 3. The molecule has 1 atom stereocenters. The van der Waals surface area contributed by atoms with E-state index in [1.807, 2.05) is 0 Å². The number of benzene rings is 1. The molecule has 0 aromatic heterocycles. The van der Waals surface area contributed by atoms with Crippen LogP contribution >= 0.6 is 12.4 Å². The first kappa shape index (κ1) is 21.5. The Labute approximate surface area is 134 Å². The molecule has 1 aromatic carbocycles. The molecule has 0 radical (unpaired) electrons. The summed E-state index contributed by atoms with van der Waals surface area (Å²) >= 11 is 0. The molecule has 0 heterocycles. The minimum atomic E-state index is -4.96. The molecule has 10 heteroatoms. The van der Waals surface area contributed by atoms with Crippen molar-refractivity contribution >= 4 is 18.4 Å². The van der Waals surface area contributed by atoms with Gasteiger partial charge in [0.2, 0.25) is 0 Å². The van der Waals surface area contributed by atoms with E-state index in [2.05, 4.69) is 4.74 Å². The van der Waals surface area contributed by atoms with Gasteiger partial charge in [0.05, 0.1) is 24.2 Å². The van der Waals surface area contributed by atoms with Gasteiger partial charge in [0.15, 0.2) is 0 Å². The molecule has 3 nitrogen and oxygen atoms in total. The van der Waals surface area contributed by atoms with Gasteiger partial charge in [0.25, 0.3) is 0 Å². The Morgan fingerprint density at radius 3 is 1.87 bits per heavy atom. The average Bonchev–Trinajstić information content (AvgIpc) is 2.36. The van der Waals surface area contributed by atoms with Gasteiger partial charge in [-0.15, -0.1) is 12.4 Å². The van der Waals surface area contributed by atoms with Crippen molar-refractivity contribution in [3.8, 4) is 0 Å². The van der Waals surface area contributed by atoms with Crippen LogP contribution in [0.4, 0.5) is 26.3 Å². The van der Waals surface area contributed by atoms with Gasteiger partial charge in [-0.2, -0.15) is 26.3 Å². The van der Waals surface area contributed by atoms with Crippen LogP contribution in [-0.4, -0.2) is 12.6 Å². The molecule has 23 heavy (non-hydrogen) atoms. The fourth-order valence-corrected chi connectivity index (χ4v) is 1.71. The van der Waals surface area contributed by atoms with Crippen LogP contribution in [0.3, 0.4) is 0 Å². The lowest BCUT2D eigenvalue weighted by atomic mass is 9.98. The van der Waals surface area contributed by atoms with E-state index in [0.717, 1.165) is 0 Å². The second kappa shape index (κ2) is 7.87. The number of carbonyl (C=O) groups is 1. The van der Waals surface area contributed by atoms with Crippen molar-refractivity contribution in [2.45, 2.75) is 31.7 Å². The lowest BCUT2D eigenvalue weighted by molar-refractivity contribution is -0.143. The number of rotatable bonds is 4. The number of nitrogens with two attached hydrogens (primary N) is 1. The van der Waals surface area contributed by atoms with Crippen molar-refractivity contribution in [1.29, 1.82) is 0 Å². The second-order valence-electron chi connectivity index (χ2n) is 4.45. The Balaban J connectivity index is 0.00000484. The van der Waals surface area contributed by atoms with Gasteiger partial charge < -0.3 is 10.5 Å². The molecule has 0 fully saturated rings. The smallest absolute Gasteiger partial charge is 0.416 e. The van der Waals surface area contributed by atoms with Crippen LogP contribution in [0.2, 0.25) is 0 Å². The third-order valence-electron chi connectivity index (χ3n) is 2.73. The molecule has 132 valence electrons. The zero-order chi connectivity index (χ0) is 17.1. The molecule has 0 aliphatic heterocycles. The van der Waals surface area contributed by atoms with E-state index in [1.165, 1.54) is 6.92 Å². The lowest BCUT2D eigenvalue weighted by Gasteiger charge is -2.17. The quantitative estimate of drug-likeness (QED) is 0.645. The zero-order valence-electron chi connectivity index (χ0n) is 11.8. The molecule has 0 aliphatic carbocycles.